The van der Waals surface area contributed by atoms with Gasteiger partial charge in [-0.3, -0.25) is 0 Å². The van der Waals surface area contributed by atoms with Crippen molar-refractivity contribution in [2.75, 3.05) is 7.11 Å². The van der Waals surface area contributed by atoms with Crippen molar-refractivity contribution in [2.24, 2.45) is 0 Å². The minimum Gasteiger partial charge on any atom is -0.481 e. The minimum atomic E-state index is -0.537. The Morgan fingerprint density at radius 1 is 1.67 bits per heavy atom. The van der Waals surface area contributed by atoms with Crippen molar-refractivity contribution in [2.45, 2.75) is 25.9 Å². The highest BCUT2D eigenvalue weighted by Crippen LogP contribution is 2.26. The smallest absolute Gasteiger partial charge is 0.218 e. The van der Waals surface area contributed by atoms with Crippen LogP contribution in [0.15, 0.2) is 30.5 Å². The predicted molar refractivity (Wildman–Crippen MR) is 59.8 cm³/mol. The molecule has 1 rings (SSSR count). The molecular formula is C12H17NO2. The van der Waals surface area contributed by atoms with Gasteiger partial charge in [-0.25, -0.2) is 4.98 Å². The maximum Gasteiger partial charge on any atom is 0.218 e. The highest BCUT2D eigenvalue weighted by molar-refractivity contribution is 5.27. The maximum absolute atomic E-state index is 9.92. The average Bonchev–Trinajstić information content (AvgIpc) is 2.25. The van der Waals surface area contributed by atoms with Crippen LogP contribution in [0.3, 0.4) is 0 Å². The Kier molecular flexibility index (Phi) is 4.31. The Bertz CT molecular complexity index is 336. The molecule has 1 aromatic heterocycles. The summed E-state index contributed by atoms with van der Waals surface area (Å²) in [5, 5.41) is 9.92. The molecule has 0 aromatic carbocycles. The van der Waals surface area contributed by atoms with Crippen molar-refractivity contribution < 1.29 is 9.84 Å². The van der Waals surface area contributed by atoms with Gasteiger partial charge in [0, 0.05) is 11.8 Å². The zero-order chi connectivity index (χ0) is 11.3. The van der Waals surface area contributed by atoms with Crippen molar-refractivity contribution in [1.29, 1.82) is 0 Å². The van der Waals surface area contributed by atoms with Crippen LogP contribution in [0.25, 0.3) is 0 Å². The third-order valence-electron chi connectivity index (χ3n) is 2.20. The standard InChI is InChI=1S/C12H17NO2/c1-9(2)6-7-11(14)10-5-4-8-13-12(10)15-3/h4-5,8,11,14H,1,6-7H2,2-3H3. The van der Waals surface area contributed by atoms with Crippen LogP contribution in [0, 0.1) is 0 Å². The number of methoxy groups -OCH3 is 1. The molecule has 0 bridgehead atoms. The van der Waals surface area contributed by atoms with E-state index in [0.29, 0.717) is 12.3 Å². The van der Waals surface area contributed by atoms with Gasteiger partial charge >= 0.3 is 0 Å². The van der Waals surface area contributed by atoms with E-state index in [0.717, 1.165) is 17.6 Å². The summed E-state index contributed by atoms with van der Waals surface area (Å²) < 4.78 is 5.08. The number of nitrogens with zero attached hydrogens (tertiary/aromatic N) is 1. The first-order chi connectivity index (χ1) is 7.15. The van der Waals surface area contributed by atoms with Crippen LogP contribution in [-0.2, 0) is 0 Å². The van der Waals surface area contributed by atoms with Gasteiger partial charge in [0.2, 0.25) is 5.88 Å². The van der Waals surface area contributed by atoms with Gasteiger partial charge < -0.3 is 9.84 Å². The topological polar surface area (TPSA) is 42.4 Å². The van der Waals surface area contributed by atoms with Crippen molar-refractivity contribution >= 4 is 0 Å². The number of pyridine rings is 1. The van der Waals surface area contributed by atoms with Crippen LogP contribution >= 0.6 is 0 Å². The molecular weight excluding hydrogens is 190 g/mol. The van der Waals surface area contributed by atoms with E-state index in [1.807, 2.05) is 13.0 Å². The van der Waals surface area contributed by atoms with Gasteiger partial charge in [-0.15, -0.1) is 6.58 Å². The van der Waals surface area contributed by atoms with Crippen LogP contribution in [-0.4, -0.2) is 17.2 Å². The van der Waals surface area contributed by atoms with Gasteiger partial charge in [0.25, 0.3) is 0 Å². The summed E-state index contributed by atoms with van der Waals surface area (Å²) in [5.41, 5.74) is 1.80. The molecule has 0 saturated carbocycles. The van der Waals surface area contributed by atoms with E-state index in [4.69, 9.17) is 4.74 Å². The van der Waals surface area contributed by atoms with Crippen LogP contribution < -0.4 is 4.74 Å². The lowest BCUT2D eigenvalue weighted by Crippen LogP contribution is -2.02. The molecule has 1 heterocycles. The second-order valence-electron chi connectivity index (χ2n) is 3.61. The minimum absolute atomic E-state index is 0.492. The highest BCUT2D eigenvalue weighted by atomic mass is 16.5. The first-order valence-electron chi connectivity index (χ1n) is 4.96. The predicted octanol–water partition coefficient (Wildman–Crippen LogP) is 2.48. The molecule has 0 fully saturated rings. The molecule has 0 amide bonds. The largest absolute Gasteiger partial charge is 0.481 e. The molecule has 82 valence electrons. The van der Waals surface area contributed by atoms with E-state index < -0.39 is 6.10 Å². The van der Waals surface area contributed by atoms with E-state index in [-0.39, 0.29) is 0 Å². The molecule has 1 N–H and O–H groups in total. The second-order valence-corrected chi connectivity index (χ2v) is 3.61. The molecule has 0 aliphatic carbocycles. The number of aliphatic hydroxyl groups excluding tert-OH is 1. The molecule has 0 spiro atoms. The number of rotatable bonds is 5. The van der Waals surface area contributed by atoms with E-state index in [1.165, 1.54) is 0 Å². The van der Waals surface area contributed by atoms with Crippen LogP contribution in [0.2, 0.25) is 0 Å². The monoisotopic (exact) mass is 207 g/mol. The van der Waals surface area contributed by atoms with Gasteiger partial charge in [0.15, 0.2) is 0 Å². The summed E-state index contributed by atoms with van der Waals surface area (Å²) in [6.07, 6.45) is 2.56. The third kappa shape index (κ3) is 3.36. The molecule has 15 heavy (non-hydrogen) atoms. The van der Waals surface area contributed by atoms with Crippen LogP contribution in [0.1, 0.15) is 31.4 Å². The van der Waals surface area contributed by atoms with Gasteiger partial charge in [-0.1, -0.05) is 5.57 Å². The summed E-state index contributed by atoms with van der Waals surface area (Å²) in [6, 6.07) is 3.62. The summed E-state index contributed by atoms with van der Waals surface area (Å²) in [4.78, 5) is 4.04. The van der Waals surface area contributed by atoms with E-state index >= 15 is 0 Å². The molecule has 0 aliphatic heterocycles. The van der Waals surface area contributed by atoms with Gasteiger partial charge in [0.05, 0.1) is 13.2 Å². The Balaban J connectivity index is 2.72. The lowest BCUT2D eigenvalue weighted by atomic mass is 10.0. The van der Waals surface area contributed by atoms with Gasteiger partial charge in [-0.05, 0) is 31.9 Å². The zero-order valence-corrected chi connectivity index (χ0v) is 9.23. The first-order valence-corrected chi connectivity index (χ1v) is 4.96. The number of allylic oxidation sites excluding steroid dienone is 1. The molecule has 1 aromatic rings. The van der Waals surface area contributed by atoms with Crippen molar-refractivity contribution in [3.63, 3.8) is 0 Å². The molecule has 3 nitrogen and oxygen atoms in total. The second kappa shape index (κ2) is 5.51. The Morgan fingerprint density at radius 3 is 3.00 bits per heavy atom. The number of aromatic nitrogens is 1. The number of hydrogen-bond donors (Lipinski definition) is 1. The summed E-state index contributed by atoms with van der Waals surface area (Å²) in [7, 11) is 1.55. The lowest BCUT2D eigenvalue weighted by molar-refractivity contribution is 0.162. The van der Waals surface area contributed by atoms with Gasteiger partial charge in [-0.2, -0.15) is 0 Å². The van der Waals surface area contributed by atoms with Crippen molar-refractivity contribution in [1.82, 2.24) is 4.98 Å². The Labute approximate surface area is 90.4 Å². The van der Waals surface area contributed by atoms with Crippen LogP contribution in [0.5, 0.6) is 5.88 Å². The zero-order valence-electron chi connectivity index (χ0n) is 9.23. The highest BCUT2D eigenvalue weighted by Gasteiger charge is 2.13. The molecule has 1 atom stereocenters. The molecule has 0 radical (unpaired) electrons. The fourth-order valence-electron chi connectivity index (χ4n) is 1.37. The van der Waals surface area contributed by atoms with E-state index in [2.05, 4.69) is 11.6 Å². The summed E-state index contributed by atoms with van der Waals surface area (Å²) in [5.74, 6) is 0.492. The number of hydrogen-bond acceptors (Lipinski definition) is 3. The SMILES string of the molecule is C=C(C)CCC(O)c1cccnc1OC. The Morgan fingerprint density at radius 2 is 2.40 bits per heavy atom. The fourth-order valence-corrected chi connectivity index (χ4v) is 1.37. The molecule has 1 unspecified atom stereocenters. The van der Waals surface area contributed by atoms with Crippen molar-refractivity contribution in [3.8, 4) is 5.88 Å². The molecule has 0 saturated heterocycles. The van der Waals surface area contributed by atoms with Crippen LogP contribution in [0.4, 0.5) is 0 Å². The lowest BCUT2D eigenvalue weighted by Gasteiger charge is -2.13. The maximum atomic E-state index is 9.92. The first kappa shape index (κ1) is 11.7. The Hall–Kier alpha value is -1.35. The fraction of sp³-hybridized carbons (Fsp3) is 0.417. The quantitative estimate of drug-likeness (QED) is 0.754. The summed E-state index contributed by atoms with van der Waals surface area (Å²) >= 11 is 0. The molecule has 3 heteroatoms. The van der Waals surface area contributed by atoms with E-state index in [1.54, 1.807) is 19.4 Å². The van der Waals surface area contributed by atoms with E-state index in [9.17, 15) is 5.11 Å². The molecule has 0 aliphatic rings. The number of ether oxygens (including phenoxy) is 1. The van der Waals surface area contributed by atoms with Gasteiger partial charge in [0.1, 0.15) is 0 Å². The summed E-state index contributed by atoms with van der Waals surface area (Å²) in [6.45, 7) is 5.76. The normalized spacial score (nSPS) is 12.2. The number of aliphatic hydroxyl groups is 1. The average molecular weight is 207 g/mol. The van der Waals surface area contributed by atoms with Crippen molar-refractivity contribution in [3.05, 3.63) is 36.0 Å². The third-order valence-corrected chi connectivity index (χ3v) is 2.20.